The number of hydrogen-bond donors (Lipinski definition) is 2. The Morgan fingerprint density at radius 3 is 2.38 bits per heavy atom. The predicted octanol–water partition coefficient (Wildman–Crippen LogP) is 3.91. The number of nitrogen functional groups attached to an aromatic ring is 1. The Hall–Kier alpha value is -1.55. The van der Waals surface area contributed by atoms with Crippen LogP contribution in [-0.2, 0) is 0 Å². The number of benzene rings is 2. The van der Waals surface area contributed by atoms with E-state index < -0.39 is 0 Å². The van der Waals surface area contributed by atoms with Crippen LogP contribution in [0.5, 0.6) is 0 Å². The molecule has 16 heavy (non-hydrogen) atoms. The van der Waals surface area contributed by atoms with Crippen molar-refractivity contribution < 1.29 is 4.39 Å². The molecule has 2 aromatic carbocycles. The van der Waals surface area contributed by atoms with Gasteiger partial charge in [-0.15, -0.1) is 0 Å². The van der Waals surface area contributed by atoms with E-state index in [9.17, 15) is 4.39 Å². The van der Waals surface area contributed by atoms with Crippen molar-refractivity contribution in [3.05, 3.63) is 52.8 Å². The van der Waals surface area contributed by atoms with Gasteiger partial charge in [-0.25, -0.2) is 4.39 Å². The van der Waals surface area contributed by atoms with Crippen molar-refractivity contribution in [3.8, 4) is 0 Å². The molecule has 2 nitrogen and oxygen atoms in total. The summed E-state index contributed by atoms with van der Waals surface area (Å²) in [6, 6.07) is 12.0. The first-order valence-electron chi connectivity index (χ1n) is 4.73. The summed E-state index contributed by atoms with van der Waals surface area (Å²) >= 11 is 3.29. The van der Waals surface area contributed by atoms with E-state index >= 15 is 0 Å². The zero-order valence-corrected chi connectivity index (χ0v) is 9.96. The number of hydrogen-bond acceptors (Lipinski definition) is 2. The fourth-order valence-electron chi connectivity index (χ4n) is 1.33. The molecule has 0 aliphatic heterocycles. The minimum atomic E-state index is -0.300. The van der Waals surface area contributed by atoms with Gasteiger partial charge in [-0.05, 0) is 52.3 Å². The highest BCUT2D eigenvalue weighted by molar-refractivity contribution is 9.10. The van der Waals surface area contributed by atoms with E-state index in [0.29, 0.717) is 15.8 Å². The molecule has 2 rings (SSSR count). The van der Waals surface area contributed by atoms with Crippen molar-refractivity contribution in [2.75, 3.05) is 11.1 Å². The van der Waals surface area contributed by atoms with Crippen LogP contribution in [-0.4, -0.2) is 0 Å². The Morgan fingerprint density at radius 1 is 1.06 bits per heavy atom. The third-order valence-electron chi connectivity index (χ3n) is 2.14. The first kappa shape index (κ1) is 11.0. The number of nitrogens with two attached hydrogens (primary N) is 1. The van der Waals surface area contributed by atoms with Crippen molar-refractivity contribution in [1.29, 1.82) is 0 Å². The average Bonchev–Trinajstić information content (AvgIpc) is 2.26. The lowest BCUT2D eigenvalue weighted by molar-refractivity contribution is 0.631. The highest BCUT2D eigenvalue weighted by Crippen LogP contribution is 2.28. The van der Waals surface area contributed by atoms with Gasteiger partial charge in [0, 0.05) is 15.8 Å². The maximum absolute atomic E-state index is 13.5. The van der Waals surface area contributed by atoms with Crippen molar-refractivity contribution in [2.45, 2.75) is 0 Å². The summed E-state index contributed by atoms with van der Waals surface area (Å²) in [5.41, 5.74) is 7.46. The van der Waals surface area contributed by atoms with E-state index in [2.05, 4.69) is 21.2 Å². The Morgan fingerprint density at radius 2 is 1.75 bits per heavy atom. The quantitative estimate of drug-likeness (QED) is 0.819. The van der Waals surface area contributed by atoms with Crippen LogP contribution < -0.4 is 11.1 Å². The monoisotopic (exact) mass is 280 g/mol. The second-order valence-corrected chi connectivity index (χ2v) is 4.20. The first-order valence-corrected chi connectivity index (χ1v) is 5.53. The zero-order valence-electron chi connectivity index (χ0n) is 8.37. The minimum Gasteiger partial charge on any atom is -0.399 e. The van der Waals surface area contributed by atoms with Gasteiger partial charge in [-0.1, -0.05) is 6.07 Å². The van der Waals surface area contributed by atoms with E-state index in [1.807, 2.05) is 0 Å². The SMILES string of the molecule is Nc1ccc(Nc2c(F)cccc2Br)cc1. The molecule has 0 aromatic heterocycles. The normalized spacial score (nSPS) is 10.1. The molecular weight excluding hydrogens is 271 g/mol. The van der Waals surface area contributed by atoms with E-state index in [0.717, 1.165) is 5.69 Å². The molecule has 0 aliphatic carbocycles. The van der Waals surface area contributed by atoms with Gasteiger partial charge < -0.3 is 11.1 Å². The standard InChI is InChI=1S/C12H10BrFN2/c13-10-2-1-3-11(14)12(10)16-9-6-4-8(15)5-7-9/h1-7,16H,15H2. The second kappa shape index (κ2) is 4.53. The Bertz CT molecular complexity index is 477. The maximum atomic E-state index is 13.5. The van der Waals surface area contributed by atoms with Gasteiger partial charge in [0.15, 0.2) is 0 Å². The molecule has 0 fully saturated rings. The third kappa shape index (κ3) is 2.33. The molecule has 0 heterocycles. The lowest BCUT2D eigenvalue weighted by atomic mass is 10.2. The van der Waals surface area contributed by atoms with Gasteiger partial charge in [0.1, 0.15) is 5.82 Å². The van der Waals surface area contributed by atoms with Crippen LogP contribution in [0.15, 0.2) is 46.9 Å². The van der Waals surface area contributed by atoms with Crippen LogP contribution in [0.1, 0.15) is 0 Å². The smallest absolute Gasteiger partial charge is 0.147 e. The van der Waals surface area contributed by atoms with E-state index in [-0.39, 0.29) is 5.82 Å². The Balaban J connectivity index is 2.30. The number of anilines is 3. The molecule has 82 valence electrons. The van der Waals surface area contributed by atoms with Crippen LogP contribution in [0.4, 0.5) is 21.5 Å². The summed E-state index contributed by atoms with van der Waals surface area (Å²) in [4.78, 5) is 0. The van der Waals surface area contributed by atoms with Gasteiger partial charge in [-0.3, -0.25) is 0 Å². The minimum absolute atomic E-state index is 0.300. The van der Waals surface area contributed by atoms with Gasteiger partial charge in [-0.2, -0.15) is 0 Å². The van der Waals surface area contributed by atoms with Crippen molar-refractivity contribution in [2.24, 2.45) is 0 Å². The molecule has 0 aliphatic rings. The topological polar surface area (TPSA) is 38.0 Å². The zero-order chi connectivity index (χ0) is 11.5. The molecule has 0 radical (unpaired) electrons. The molecule has 0 saturated carbocycles. The highest BCUT2D eigenvalue weighted by atomic mass is 79.9. The van der Waals surface area contributed by atoms with Crippen molar-refractivity contribution >= 4 is 33.0 Å². The summed E-state index contributed by atoms with van der Waals surface area (Å²) in [7, 11) is 0. The molecule has 0 atom stereocenters. The fraction of sp³-hybridized carbons (Fsp3) is 0. The summed E-state index contributed by atoms with van der Waals surface area (Å²) in [5, 5.41) is 2.99. The van der Waals surface area contributed by atoms with Gasteiger partial charge >= 0.3 is 0 Å². The number of para-hydroxylation sites is 1. The summed E-state index contributed by atoms with van der Waals surface area (Å²) < 4.78 is 14.2. The van der Waals surface area contributed by atoms with Crippen LogP contribution in [0, 0.1) is 5.82 Å². The van der Waals surface area contributed by atoms with Crippen LogP contribution >= 0.6 is 15.9 Å². The van der Waals surface area contributed by atoms with E-state index in [1.165, 1.54) is 6.07 Å². The Labute approximate surface area is 101 Å². The first-order chi connectivity index (χ1) is 7.66. The van der Waals surface area contributed by atoms with Crippen LogP contribution in [0.25, 0.3) is 0 Å². The largest absolute Gasteiger partial charge is 0.399 e. The van der Waals surface area contributed by atoms with Crippen LogP contribution in [0.3, 0.4) is 0 Å². The molecule has 0 spiro atoms. The lowest BCUT2D eigenvalue weighted by Crippen LogP contribution is -1.95. The second-order valence-electron chi connectivity index (χ2n) is 3.34. The molecule has 0 amide bonds. The maximum Gasteiger partial charge on any atom is 0.147 e. The Kier molecular flexibility index (Phi) is 3.10. The van der Waals surface area contributed by atoms with Gasteiger partial charge in [0.05, 0.1) is 5.69 Å². The highest BCUT2D eigenvalue weighted by Gasteiger charge is 2.05. The van der Waals surface area contributed by atoms with Gasteiger partial charge in [0.25, 0.3) is 0 Å². The van der Waals surface area contributed by atoms with E-state index in [1.54, 1.807) is 36.4 Å². The molecule has 0 bridgehead atoms. The number of halogens is 2. The van der Waals surface area contributed by atoms with Crippen LogP contribution in [0.2, 0.25) is 0 Å². The molecule has 4 heteroatoms. The summed E-state index contributed by atoms with van der Waals surface area (Å²) in [5.74, 6) is -0.300. The molecular formula is C12H10BrFN2. The molecule has 0 unspecified atom stereocenters. The average molecular weight is 281 g/mol. The third-order valence-corrected chi connectivity index (χ3v) is 2.80. The van der Waals surface area contributed by atoms with E-state index in [4.69, 9.17) is 5.73 Å². The molecule has 2 aromatic rings. The lowest BCUT2D eigenvalue weighted by Gasteiger charge is -2.09. The van der Waals surface area contributed by atoms with Gasteiger partial charge in [0.2, 0.25) is 0 Å². The van der Waals surface area contributed by atoms with Crippen molar-refractivity contribution in [1.82, 2.24) is 0 Å². The summed E-state index contributed by atoms with van der Waals surface area (Å²) in [6.07, 6.45) is 0. The van der Waals surface area contributed by atoms with Crippen molar-refractivity contribution in [3.63, 3.8) is 0 Å². The molecule has 3 N–H and O–H groups in total. The molecule has 0 saturated heterocycles. The fourth-order valence-corrected chi connectivity index (χ4v) is 1.77. The number of nitrogens with one attached hydrogen (secondary N) is 1. The number of rotatable bonds is 2. The predicted molar refractivity (Wildman–Crippen MR) is 68.2 cm³/mol. The summed E-state index contributed by atoms with van der Waals surface area (Å²) in [6.45, 7) is 0.